The molecular weight excluding hydrogens is 494 g/mol. The average molecular weight is 532 g/mol. The van der Waals surface area contributed by atoms with Gasteiger partial charge in [0.1, 0.15) is 5.75 Å². The highest BCUT2D eigenvalue weighted by Crippen LogP contribution is 2.34. The smallest absolute Gasteiger partial charge is 0.251 e. The summed E-state index contributed by atoms with van der Waals surface area (Å²) in [5, 5.41) is 17.1. The quantitative estimate of drug-likeness (QED) is 0.194. The van der Waals surface area contributed by atoms with Crippen molar-refractivity contribution in [3.63, 3.8) is 0 Å². The summed E-state index contributed by atoms with van der Waals surface area (Å²) in [6.45, 7) is 1.29. The molecule has 0 bridgehead atoms. The van der Waals surface area contributed by atoms with Gasteiger partial charge in [0.2, 0.25) is 6.41 Å². The number of amides is 2. The van der Waals surface area contributed by atoms with Crippen LogP contribution in [-0.2, 0) is 17.8 Å². The maximum absolute atomic E-state index is 13.0. The van der Waals surface area contributed by atoms with E-state index in [2.05, 4.69) is 32.3 Å². The fraction of sp³-hybridized carbons (Fsp3) is 0.333. The Kier molecular flexibility index (Phi) is 9.50. The molecule has 0 saturated heterocycles. The van der Waals surface area contributed by atoms with Crippen molar-refractivity contribution in [3.8, 4) is 5.75 Å². The second-order valence-corrected chi connectivity index (χ2v) is 9.72. The zero-order chi connectivity index (χ0) is 27.6. The summed E-state index contributed by atoms with van der Waals surface area (Å²) in [6.07, 6.45) is 12.5. The molecule has 2 heterocycles. The van der Waals surface area contributed by atoms with Crippen molar-refractivity contribution in [2.75, 3.05) is 23.8 Å². The Morgan fingerprint density at radius 3 is 2.69 bits per heavy atom. The molecule has 1 aliphatic carbocycles. The second kappa shape index (κ2) is 13.4. The first-order valence-electron chi connectivity index (χ1n) is 13.4. The van der Waals surface area contributed by atoms with Gasteiger partial charge in [-0.1, -0.05) is 19.3 Å². The molecule has 39 heavy (non-hydrogen) atoms. The van der Waals surface area contributed by atoms with E-state index in [0.717, 1.165) is 39.9 Å². The van der Waals surface area contributed by atoms with Gasteiger partial charge in [0.05, 0.1) is 23.9 Å². The summed E-state index contributed by atoms with van der Waals surface area (Å²) >= 11 is 0. The van der Waals surface area contributed by atoms with E-state index in [1.165, 1.54) is 32.1 Å². The normalized spacial score (nSPS) is 13.4. The van der Waals surface area contributed by atoms with E-state index in [1.807, 2.05) is 43.8 Å². The molecule has 0 unspecified atom stereocenters. The number of nitrogens with zero attached hydrogens (tertiary/aromatic N) is 1. The maximum atomic E-state index is 13.0. The van der Waals surface area contributed by atoms with Crippen LogP contribution in [0.3, 0.4) is 0 Å². The highest BCUT2D eigenvalue weighted by atomic mass is 16.3. The summed E-state index contributed by atoms with van der Waals surface area (Å²) < 4.78 is 5.33. The number of fused-ring (bicyclic) bond motifs is 1. The van der Waals surface area contributed by atoms with Crippen LogP contribution in [0.5, 0.6) is 5.75 Å². The monoisotopic (exact) mass is 531 g/mol. The molecule has 2 amide bonds. The number of aromatic nitrogens is 1. The zero-order valence-electron chi connectivity index (χ0n) is 22.3. The van der Waals surface area contributed by atoms with Gasteiger partial charge in [-0.05, 0) is 67.3 Å². The number of H-pyrrole nitrogens is 1. The van der Waals surface area contributed by atoms with Crippen molar-refractivity contribution in [1.29, 1.82) is 0 Å². The van der Waals surface area contributed by atoms with Gasteiger partial charge in [-0.3, -0.25) is 9.59 Å². The highest BCUT2D eigenvalue weighted by Gasteiger charge is 2.24. The number of carbonyl (C=O) groups excluding carboxylic acids is 2. The van der Waals surface area contributed by atoms with E-state index in [-0.39, 0.29) is 18.1 Å². The lowest BCUT2D eigenvalue weighted by Crippen LogP contribution is -2.36. The number of aromatic hydroxyl groups is 1. The SMILES string of the molecule is CNc1cc(C(=O)NCCc2c[nH]c3ccc(O)cc23)ccc1N(Cc1ccoc1)C1CCCCC1.NC=O. The van der Waals surface area contributed by atoms with Gasteiger partial charge < -0.3 is 35.8 Å². The number of furan rings is 1. The lowest BCUT2D eigenvalue weighted by atomic mass is 9.93. The molecule has 0 aliphatic heterocycles. The average Bonchev–Trinajstić information content (AvgIpc) is 3.62. The Morgan fingerprint density at radius 1 is 1.18 bits per heavy atom. The zero-order valence-corrected chi connectivity index (χ0v) is 22.3. The van der Waals surface area contributed by atoms with Gasteiger partial charge in [-0.2, -0.15) is 0 Å². The Balaban J connectivity index is 0.00000112. The minimum atomic E-state index is -0.0974. The van der Waals surface area contributed by atoms with E-state index in [0.29, 0.717) is 24.6 Å². The molecule has 1 fully saturated rings. The lowest BCUT2D eigenvalue weighted by molar-refractivity contribution is -0.106. The molecule has 6 N–H and O–H groups in total. The molecule has 9 nitrogen and oxygen atoms in total. The van der Waals surface area contributed by atoms with Crippen molar-refractivity contribution < 1.29 is 19.1 Å². The summed E-state index contributed by atoms with van der Waals surface area (Å²) in [5.74, 6) is 0.141. The third-order valence-electron chi connectivity index (χ3n) is 7.22. The van der Waals surface area contributed by atoms with Crippen LogP contribution in [0, 0.1) is 0 Å². The molecule has 9 heteroatoms. The minimum Gasteiger partial charge on any atom is -0.508 e. The maximum Gasteiger partial charge on any atom is 0.251 e. The van der Waals surface area contributed by atoms with Crippen LogP contribution < -0.4 is 21.3 Å². The third kappa shape index (κ3) is 6.93. The van der Waals surface area contributed by atoms with Gasteiger partial charge >= 0.3 is 0 Å². The Hall–Kier alpha value is -4.40. The van der Waals surface area contributed by atoms with Crippen LogP contribution in [0.2, 0.25) is 0 Å². The van der Waals surface area contributed by atoms with Gasteiger partial charge in [0.15, 0.2) is 0 Å². The number of aromatic amines is 1. The first kappa shape index (κ1) is 27.6. The highest BCUT2D eigenvalue weighted by molar-refractivity contribution is 5.96. The Bertz CT molecular complexity index is 1360. The van der Waals surface area contributed by atoms with Gasteiger partial charge in [-0.15, -0.1) is 0 Å². The fourth-order valence-electron chi connectivity index (χ4n) is 5.30. The van der Waals surface area contributed by atoms with E-state index in [4.69, 9.17) is 9.21 Å². The third-order valence-corrected chi connectivity index (χ3v) is 7.22. The van der Waals surface area contributed by atoms with Crippen molar-refractivity contribution in [2.45, 2.75) is 51.1 Å². The van der Waals surface area contributed by atoms with Crippen LogP contribution in [0.25, 0.3) is 10.9 Å². The number of benzene rings is 2. The van der Waals surface area contributed by atoms with Crippen LogP contribution in [0.15, 0.2) is 65.6 Å². The number of phenolic OH excluding ortho intramolecular Hbond substituents is 1. The van der Waals surface area contributed by atoms with Gasteiger partial charge in [0, 0.05) is 54.4 Å². The van der Waals surface area contributed by atoms with Crippen molar-refractivity contribution in [3.05, 3.63) is 77.9 Å². The number of carbonyl (C=O) groups is 2. The molecular formula is C30H37N5O4. The standard InChI is InChI=1S/C29H34N4O3.CH3NO/c1-30-27-15-21(29(35)31-13-11-22-17-32-26-9-8-24(34)16-25(22)26)7-10-28(27)33(18-20-12-14-36-19-20)23-5-3-2-4-6-23;2-1-3/h7-10,12,14-17,19,23,30,32,34H,2-6,11,13,18H2,1H3,(H,31,35);1H,(H2,2,3). The topological polar surface area (TPSA) is 137 Å². The van der Waals surface area contributed by atoms with Gasteiger partial charge in [0.25, 0.3) is 5.91 Å². The van der Waals surface area contributed by atoms with E-state index in [9.17, 15) is 9.90 Å². The van der Waals surface area contributed by atoms with Crippen molar-refractivity contribution in [2.24, 2.45) is 5.73 Å². The number of nitrogens with two attached hydrogens (primary N) is 1. The first-order chi connectivity index (χ1) is 19.0. The van der Waals surface area contributed by atoms with Crippen LogP contribution in [0.4, 0.5) is 11.4 Å². The molecule has 2 aromatic heterocycles. The number of phenols is 1. The fourth-order valence-corrected chi connectivity index (χ4v) is 5.30. The molecule has 1 saturated carbocycles. The molecule has 0 atom stereocenters. The Morgan fingerprint density at radius 2 is 1.97 bits per heavy atom. The number of primary amides is 1. The number of rotatable bonds is 9. The predicted molar refractivity (Wildman–Crippen MR) is 154 cm³/mol. The summed E-state index contributed by atoms with van der Waals surface area (Å²) in [5.41, 5.74) is 10.0. The molecule has 0 radical (unpaired) electrons. The van der Waals surface area contributed by atoms with Crippen molar-refractivity contribution >= 4 is 34.6 Å². The molecule has 4 aromatic rings. The van der Waals surface area contributed by atoms with E-state index >= 15 is 0 Å². The summed E-state index contributed by atoms with van der Waals surface area (Å²) in [6, 6.07) is 13.7. The number of nitrogens with one attached hydrogen (secondary N) is 3. The molecule has 206 valence electrons. The van der Waals surface area contributed by atoms with Crippen LogP contribution >= 0.6 is 0 Å². The second-order valence-electron chi connectivity index (χ2n) is 9.72. The van der Waals surface area contributed by atoms with E-state index < -0.39 is 0 Å². The minimum absolute atomic E-state index is 0.0974. The number of hydrogen-bond donors (Lipinski definition) is 5. The molecule has 1 aliphatic rings. The summed E-state index contributed by atoms with van der Waals surface area (Å²) in [7, 11) is 1.91. The Labute approximate surface area is 228 Å². The van der Waals surface area contributed by atoms with Crippen molar-refractivity contribution in [1.82, 2.24) is 10.3 Å². The molecule has 5 rings (SSSR count). The van der Waals surface area contributed by atoms with Gasteiger partial charge in [-0.25, -0.2) is 0 Å². The molecule has 2 aromatic carbocycles. The molecule has 0 spiro atoms. The van der Waals surface area contributed by atoms with E-state index in [1.54, 1.807) is 18.4 Å². The first-order valence-corrected chi connectivity index (χ1v) is 13.4. The predicted octanol–water partition coefficient (Wildman–Crippen LogP) is 4.92. The van der Waals surface area contributed by atoms with Crippen LogP contribution in [0.1, 0.15) is 53.6 Å². The lowest BCUT2D eigenvalue weighted by Gasteiger charge is -2.37. The number of anilines is 2. The number of hydrogen-bond acceptors (Lipinski definition) is 6. The summed E-state index contributed by atoms with van der Waals surface area (Å²) in [4.78, 5) is 27.2. The van der Waals surface area contributed by atoms with Crippen LogP contribution in [-0.4, -0.2) is 42.0 Å². The largest absolute Gasteiger partial charge is 0.508 e.